The molecule has 0 aliphatic heterocycles. The summed E-state index contributed by atoms with van der Waals surface area (Å²) in [5.74, 6) is 1.78. The normalized spacial score (nSPS) is 12.3. The smallest absolute Gasteiger partial charge is 0.323 e. The summed E-state index contributed by atoms with van der Waals surface area (Å²) in [5, 5.41) is 18.1. The molecule has 1 N–H and O–H groups in total. The lowest BCUT2D eigenvalue weighted by molar-refractivity contribution is -0.135. The van der Waals surface area contributed by atoms with Crippen molar-refractivity contribution in [1.29, 1.82) is 5.26 Å². The lowest BCUT2D eigenvalue weighted by Gasteiger charge is -2.21. The van der Waals surface area contributed by atoms with E-state index in [1.54, 1.807) is 6.07 Å². The van der Waals surface area contributed by atoms with Crippen molar-refractivity contribution >= 4 is 11.8 Å². The number of terminal acetylenes is 1. The third kappa shape index (κ3) is 2.66. The van der Waals surface area contributed by atoms with Crippen molar-refractivity contribution in [2.24, 2.45) is 0 Å². The van der Waals surface area contributed by atoms with E-state index < -0.39 is 5.97 Å². The summed E-state index contributed by atoms with van der Waals surface area (Å²) in [6.45, 7) is -0.141. The van der Waals surface area contributed by atoms with Crippen LogP contribution in [0.2, 0.25) is 0 Å². The number of carboxylic acids is 1. The van der Waals surface area contributed by atoms with Crippen molar-refractivity contribution in [1.82, 2.24) is 4.98 Å². The molecule has 1 heterocycles. The molecule has 1 aliphatic carbocycles. The lowest BCUT2D eigenvalue weighted by Crippen LogP contribution is -2.31. The highest BCUT2D eigenvalue weighted by Gasteiger charge is 2.20. The third-order valence-electron chi connectivity index (χ3n) is 3.06. The van der Waals surface area contributed by atoms with Crippen molar-refractivity contribution in [2.75, 3.05) is 18.0 Å². The van der Waals surface area contributed by atoms with E-state index in [1.165, 1.54) is 4.90 Å². The maximum absolute atomic E-state index is 10.9. The van der Waals surface area contributed by atoms with Crippen LogP contribution in [0.4, 0.5) is 5.82 Å². The molecule has 96 valence electrons. The van der Waals surface area contributed by atoms with Gasteiger partial charge < -0.3 is 10.0 Å². The van der Waals surface area contributed by atoms with Crippen LogP contribution in [-0.4, -0.2) is 29.1 Å². The van der Waals surface area contributed by atoms with Gasteiger partial charge in [-0.05, 0) is 30.9 Å². The number of fused-ring (bicyclic) bond motifs is 1. The van der Waals surface area contributed by atoms with Gasteiger partial charge in [0.15, 0.2) is 0 Å². The SMILES string of the molecule is C#CCN(CC(=O)O)c1nc2c(cc1C#N)CCC2. The van der Waals surface area contributed by atoms with Gasteiger partial charge in [0.2, 0.25) is 0 Å². The summed E-state index contributed by atoms with van der Waals surface area (Å²) in [4.78, 5) is 16.8. The third-order valence-corrected chi connectivity index (χ3v) is 3.06. The second-order valence-electron chi connectivity index (χ2n) is 4.38. The second kappa shape index (κ2) is 5.41. The molecule has 0 aromatic carbocycles. The first-order valence-electron chi connectivity index (χ1n) is 5.98. The summed E-state index contributed by atoms with van der Waals surface area (Å²) in [6.07, 6.45) is 8.06. The fraction of sp³-hybridized carbons (Fsp3) is 0.357. The first-order valence-corrected chi connectivity index (χ1v) is 5.98. The molecule has 0 bridgehead atoms. The van der Waals surface area contributed by atoms with Crippen LogP contribution in [0.3, 0.4) is 0 Å². The van der Waals surface area contributed by atoms with E-state index in [-0.39, 0.29) is 13.1 Å². The number of pyridine rings is 1. The van der Waals surface area contributed by atoms with E-state index in [1.807, 2.05) is 0 Å². The van der Waals surface area contributed by atoms with E-state index in [2.05, 4.69) is 17.0 Å². The molecule has 2 rings (SSSR count). The van der Waals surface area contributed by atoms with Gasteiger partial charge >= 0.3 is 5.97 Å². The van der Waals surface area contributed by atoms with Gasteiger partial charge in [0, 0.05) is 5.69 Å². The Morgan fingerprint density at radius 3 is 3.00 bits per heavy atom. The number of carboxylic acid groups (broad SMARTS) is 1. The molecule has 0 atom stereocenters. The molecule has 5 nitrogen and oxygen atoms in total. The maximum atomic E-state index is 10.9. The Balaban J connectivity index is 2.44. The molecule has 0 unspecified atom stereocenters. The number of rotatable bonds is 4. The zero-order valence-electron chi connectivity index (χ0n) is 10.4. The van der Waals surface area contributed by atoms with Gasteiger partial charge in [-0.2, -0.15) is 5.26 Å². The topological polar surface area (TPSA) is 77.2 Å². The van der Waals surface area contributed by atoms with Crippen molar-refractivity contribution < 1.29 is 9.90 Å². The highest BCUT2D eigenvalue weighted by molar-refractivity contribution is 5.74. The first-order chi connectivity index (χ1) is 9.15. The number of anilines is 1. The van der Waals surface area contributed by atoms with Crippen molar-refractivity contribution in [2.45, 2.75) is 19.3 Å². The highest BCUT2D eigenvalue weighted by atomic mass is 16.4. The highest BCUT2D eigenvalue weighted by Crippen LogP contribution is 2.26. The molecular weight excluding hydrogens is 242 g/mol. The molecule has 0 saturated heterocycles. The van der Waals surface area contributed by atoms with E-state index in [9.17, 15) is 10.1 Å². The quantitative estimate of drug-likeness (QED) is 0.811. The molecule has 0 fully saturated rings. The number of nitriles is 1. The molecule has 1 aliphatic rings. The van der Waals surface area contributed by atoms with E-state index in [0.717, 1.165) is 30.5 Å². The Bertz CT molecular complexity index is 596. The molecule has 1 aromatic rings. The average Bonchev–Trinajstić information content (AvgIpc) is 2.83. The fourth-order valence-corrected chi connectivity index (χ4v) is 2.26. The number of aliphatic carboxylic acids is 1. The predicted molar refractivity (Wildman–Crippen MR) is 69.7 cm³/mol. The minimum absolute atomic E-state index is 0.118. The summed E-state index contributed by atoms with van der Waals surface area (Å²) in [6, 6.07) is 3.87. The molecular formula is C14H13N3O2. The largest absolute Gasteiger partial charge is 0.480 e. The van der Waals surface area contributed by atoms with E-state index in [4.69, 9.17) is 11.5 Å². The monoisotopic (exact) mass is 255 g/mol. The fourth-order valence-electron chi connectivity index (χ4n) is 2.26. The number of carbonyl (C=O) groups is 1. The van der Waals surface area contributed by atoms with Crippen LogP contribution in [0.15, 0.2) is 6.07 Å². The Kier molecular flexibility index (Phi) is 3.68. The average molecular weight is 255 g/mol. The van der Waals surface area contributed by atoms with Gasteiger partial charge in [-0.1, -0.05) is 5.92 Å². The zero-order valence-corrected chi connectivity index (χ0v) is 10.4. The molecule has 0 saturated carbocycles. The van der Waals surface area contributed by atoms with E-state index >= 15 is 0 Å². The van der Waals surface area contributed by atoms with Crippen LogP contribution in [0.5, 0.6) is 0 Å². The molecule has 5 heteroatoms. The van der Waals surface area contributed by atoms with Crippen LogP contribution in [0, 0.1) is 23.7 Å². The van der Waals surface area contributed by atoms with Gasteiger partial charge in [0.1, 0.15) is 18.4 Å². The molecule has 0 radical (unpaired) electrons. The van der Waals surface area contributed by atoms with Gasteiger partial charge in [-0.3, -0.25) is 4.79 Å². The molecule has 0 spiro atoms. The standard InChI is InChI=1S/C14H13N3O2/c1-2-6-17(9-13(18)19)14-11(8-15)7-10-4-3-5-12(10)16-14/h1,7H,3-6,9H2,(H,18,19). The van der Waals surface area contributed by atoms with Crippen LogP contribution in [0.25, 0.3) is 0 Å². The Hall–Kier alpha value is -2.53. The minimum Gasteiger partial charge on any atom is -0.480 e. The maximum Gasteiger partial charge on any atom is 0.323 e. The zero-order chi connectivity index (χ0) is 13.8. The number of nitrogens with zero attached hydrogens (tertiary/aromatic N) is 3. The second-order valence-corrected chi connectivity index (χ2v) is 4.38. The number of hydrogen-bond acceptors (Lipinski definition) is 4. The molecule has 19 heavy (non-hydrogen) atoms. The van der Waals surface area contributed by atoms with Gasteiger partial charge in [-0.25, -0.2) is 4.98 Å². The molecule has 1 aromatic heterocycles. The lowest BCUT2D eigenvalue weighted by atomic mass is 10.1. The van der Waals surface area contributed by atoms with Gasteiger partial charge in [-0.15, -0.1) is 6.42 Å². The van der Waals surface area contributed by atoms with Crippen molar-refractivity contribution in [3.05, 3.63) is 22.9 Å². The van der Waals surface area contributed by atoms with Gasteiger partial charge in [0.25, 0.3) is 0 Å². The van der Waals surface area contributed by atoms with Crippen LogP contribution >= 0.6 is 0 Å². The summed E-state index contributed by atoms with van der Waals surface area (Å²) in [5.41, 5.74) is 2.41. The summed E-state index contributed by atoms with van der Waals surface area (Å²) >= 11 is 0. The Morgan fingerprint density at radius 2 is 2.37 bits per heavy atom. The van der Waals surface area contributed by atoms with Crippen molar-refractivity contribution in [3.8, 4) is 18.4 Å². The number of aromatic nitrogens is 1. The van der Waals surface area contributed by atoms with Crippen LogP contribution in [0.1, 0.15) is 23.2 Å². The summed E-state index contributed by atoms with van der Waals surface area (Å²) < 4.78 is 0. The van der Waals surface area contributed by atoms with Gasteiger partial charge in [0.05, 0.1) is 12.1 Å². The Morgan fingerprint density at radius 1 is 1.58 bits per heavy atom. The minimum atomic E-state index is -0.999. The van der Waals surface area contributed by atoms with E-state index in [0.29, 0.717) is 11.4 Å². The number of hydrogen-bond donors (Lipinski definition) is 1. The summed E-state index contributed by atoms with van der Waals surface area (Å²) in [7, 11) is 0. The first kappa shape index (κ1) is 12.9. The van der Waals surface area contributed by atoms with Crippen molar-refractivity contribution in [3.63, 3.8) is 0 Å². The predicted octanol–water partition coefficient (Wildman–Crippen LogP) is 0.966. The molecule has 0 amide bonds. The van der Waals surface area contributed by atoms with Crippen LogP contribution < -0.4 is 4.90 Å². The number of aryl methyl sites for hydroxylation is 2. The Labute approximate surface area is 111 Å². The van der Waals surface area contributed by atoms with Crippen LogP contribution in [-0.2, 0) is 17.6 Å².